The van der Waals surface area contributed by atoms with Gasteiger partial charge in [0.1, 0.15) is 5.52 Å². The molecular formula is C24H21N3O4. The van der Waals surface area contributed by atoms with E-state index in [1.165, 1.54) is 6.07 Å². The molecule has 0 spiro atoms. The number of nitrogens with zero attached hydrogens (tertiary/aromatic N) is 2. The van der Waals surface area contributed by atoms with Gasteiger partial charge < -0.3 is 9.73 Å². The van der Waals surface area contributed by atoms with E-state index in [9.17, 15) is 14.9 Å². The molecule has 0 atom stereocenters. The van der Waals surface area contributed by atoms with E-state index in [0.29, 0.717) is 18.0 Å². The highest BCUT2D eigenvalue weighted by Gasteiger charge is 2.15. The molecule has 1 amide bonds. The molecule has 4 aromatic rings. The average molecular weight is 415 g/mol. The number of benzene rings is 3. The van der Waals surface area contributed by atoms with Gasteiger partial charge in [0.2, 0.25) is 5.89 Å². The second-order valence-corrected chi connectivity index (χ2v) is 7.56. The molecule has 156 valence electrons. The summed E-state index contributed by atoms with van der Waals surface area (Å²) in [7, 11) is 0. The molecule has 1 heterocycles. The van der Waals surface area contributed by atoms with Gasteiger partial charge in [-0.1, -0.05) is 18.2 Å². The third-order valence-electron chi connectivity index (χ3n) is 5.33. The fraction of sp³-hybridized carbons (Fsp3) is 0.167. The Labute approximate surface area is 178 Å². The number of nitro groups is 1. The fourth-order valence-electron chi connectivity index (χ4n) is 3.30. The van der Waals surface area contributed by atoms with Gasteiger partial charge >= 0.3 is 0 Å². The maximum Gasteiger partial charge on any atom is 0.273 e. The van der Waals surface area contributed by atoms with Crippen LogP contribution in [0.5, 0.6) is 0 Å². The van der Waals surface area contributed by atoms with Crippen molar-refractivity contribution in [2.45, 2.75) is 27.3 Å². The van der Waals surface area contributed by atoms with Gasteiger partial charge in [0.15, 0.2) is 5.58 Å². The van der Waals surface area contributed by atoms with E-state index in [-0.39, 0.29) is 17.2 Å². The summed E-state index contributed by atoms with van der Waals surface area (Å²) in [5.74, 6) is 0.180. The predicted octanol–water partition coefficient (Wildman–Crippen LogP) is 5.26. The van der Waals surface area contributed by atoms with Crippen LogP contribution < -0.4 is 5.32 Å². The van der Waals surface area contributed by atoms with Gasteiger partial charge in [-0.05, 0) is 67.8 Å². The van der Waals surface area contributed by atoms with Crippen molar-refractivity contribution < 1.29 is 14.1 Å². The Morgan fingerprint density at radius 2 is 1.71 bits per heavy atom. The summed E-state index contributed by atoms with van der Waals surface area (Å²) >= 11 is 0. The monoisotopic (exact) mass is 415 g/mol. The van der Waals surface area contributed by atoms with Crippen LogP contribution in [-0.4, -0.2) is 15.8 Å². The summed E-state index contributed by atoms with van der Waals surface area (Å²) < 4.78 is 5.89. The van der Waals surface area contributed by atoms with Crippen LogP contribution in [0, 0.1) is 30.9 Å². The van der Waals surface area contributed by atoms with E-state index in [0.717, 1.165) is 33.4 Å². The largest absolute Gasteiger partial charge is 0.436 e. The van der Waals surface area contributed by atoms with Crippen molar-refractivity contribution in [2.75, 3.05) is 0 Å². The number of carbonyl (C=O) groups is 1. The Hall–Kier alpha value is -4.00. The molecule has 31 heavy (non-hydrogen) atoms. The molecule has 0 radical (unpaired) electrons. The normalized spacial score (nSPS) is 10.9. The number of aryl methyl sites for hydroxylation is 3. The third-order valence-corrected chi connectivity index (χ3v) is 5.33. The molecule has 0 saturated heterocycles. The highest BCUT2D eigenvalue weighted by molar-refractivity contribution is 5.95. The van der Waals surface area contributed by atoms with Crippen LogP contribution in [0.3, 0.4) is 0 Å². The molecule has 1 N–H and O–H groups in total. The Balaban J connectivity index is 1.46. The molecule has 0 aliphatic rings. The molecule has 0 unspecified atom stereocenters. The van der Waals surface area contributed by atoms with E-state index in [1.807, 2.05) is 50.2 Å². The molecule has 0 saturated carbocycles. The van der Waals surface area contributed by atoms with Crippen molar-refractivity contribution >= 4 is 22.7 Å². The van der Waals surface area contributed by atoms with Crippen molar-refractivity contribution in [3.63, 3.8) is 0 Å². The highest BCUT2D eigenvalue weighted by Crippen LogP contribution is 2.26. The van der Waals surface area contributed by atoms with E-state index >= 15 is 0 Å². The van der Waals surface area contributed by atoms with Crippen molar-refractivity contribution in [3.8, 4) is 11.5 Å². The zero-order chi connectivity index (χ0) is 22.1. The summed E-state index contributed by atoms with van der Waals surface area (Å²) in [5, 5.41) is 13.9. The highest BCUT2D eigenvalue weighted by atomic mass is 16.6. The number of fused-ring (bicyclic) bond motifs is 1. The first-order chi connectivity index (χ1) is 14.8. The number of hydrogen-bond acceptors (Lipinski definition) is 5. The summed E-state index contributed by atoms with van der Waals surface area (Å²) in [4.78, 5) is 27.5. The first-order valence-electron chi connectivity index (χ1n) is 9.82. The molecule has 0 bridgehead atoms. The quantitative estimate of drug-likeness (QED) is 0.354. The lowest BCUT2D eigenvalue weighted by molar-refractivity contribution is -0.385. The second kappa shape index (κ2) is 8.02. The fourth-order valence-corrected chi connectivity index (χ4v) is 3.30. The summed E-state index contributed by atoms with van der Waals surface area (Å²) in [5.41, 5.74) is 6.33. The van der Waals surface area contributed by atoms with Crippen LogP contribution >= 0.6 is 0 Å². The Morgan fingerprint density at radius 1 is 1.00 bits per heavy atom. The number of hydrogen-bond donors (Lipinski definition) is 1. The van der Waals surface area contributed by atoms with Crippen LogP contribution in [-0.2, 0) is 6.54 Å². The zero-order valence-corrected chi connectivity index (χ0v) is 17.4. The molecule has 1 aromatic heterocycles. The minimum Gasteiger partial charge on any atom is -0.436 e. The van der Waals surface area contributed by atoms with Gasteiger partial charge in [0.05, 0.1) is 4.92 Å². The smallest absolute Gasteiger partial charge is 0.273 e. The molecule has 0 aliphatic heterocycles. The SMILES string of the molecule is Cc1cc2nc(-c3ccc(CNC(=O)c4ccc(C)c([N+](=O)[O-])c4)cc3)oc2cc1C. The minimum absolute atomic E-state index is 0.0688. The summed E-state index contributed by atoms with van der Waals surface area (Å²) in [6.07, 6.45) is 0. The van der Waals surface area contributed by atoms with Gasteiger partial charge in [-0.15, -0.1) is 0 Å². The summed E-state index contributed by atoms with van der Waals surface area (Å²) in [6.45, 7) is 6.02. The number of aromatic nitrogens is 1. The minimum atomic E-state index is -0.487. The number of carbonyl (C=O) groups excluding carboxylic acids is 1. The van der Waals surface area contributed by atoms with Gasteiger partial charge in [-0.2, -0.15) is 0 Å². The van der Waals surface area contributed by atoms with Gasteiger partial charge in [0.25, 0.3) is 11.6 Å². The van der Waals surface area contributed by atoms with Gasteiger partial charge in [-0.3, -0.25) is 14.9 Å². The lowest BCUT2D eigenvalue weighted by atomic mass is 10.1. The molecular weight excluding hydrogens is 394 g/mol. The number of rotatable bonds is 5. The standard InChI is InChI=1S/C24H21N3O4/c1-14-4-7-19(12-21(14)27(29)30)23(28)25-13-17-5-8-18(9-6-17)24-26-20-10-15(2)16(3)11-22(20)31-24/h4-12H,13H2,1-3H3,(H,25,28). The number of oxazole rings is 1. The Kier molecular flexibility index (Phi) is 5.25. The zero-order valence-electron chi connectivity index (χ0n) is 17.4. The molecule has 0 fully saturated rings. The predicted molar refractivity (Wildman–Crippen MR) is 118 cm³/mol. The first-order valence-corrected chi connectivity index (χ1v) is 9.82. The van der Waals surface area contributed by atoms with E-state index in [1.54, 1.807) is 19.1 Å². The van der Waals surface area contributed by atoms with Crippen molar-refractivity contribution in [3.05, 3.63) is 92.5 Å². The Morgan fingerprint density at radius 3 is 2.42 bits per heavy atom. The number of nitrogens with one attached hydrogen (secondary N) is 1. The average Bonchev–Trinajstić information content (AvgIpc) is 3.15. The second-order valence-electron chi connectivity index (χ2n) is 7.56. The molecule has 4 rings (SSSR count). The van der Waals surface area contributed by atoms with E-state index in [2.05, 4.69) is 10.3 Å². The van der Waals surface area contributed by atoms with Crippen LogP contribution in [0.4, 0.5) is 5.69 Å². The maximum absolute atomic E-state index is 12.4. The van der Waals surface area contributed by atoms with Crippen molar-refractivity contribution in [1.82, 2.24) is 10.3 Å². The van der Waals surface area contributed by atoms with Crippen molar-refractivity contribution in [2.24, 2.45) is 0 Å². The van der Waals surface area contributed by atoms with Crippen LogP contribution in [0.2, 0.25) is 0 Å². The van der Waals surface area contributed by atoms with E-state index in [4.69, 9.17) is 4.42 Å². The van der Waals surface area contributed by atoms with Crippen LogP contribution in [0.15, 0.2) is 59.0 Å². The topological polar surface area (TPSA) is 98.3 Å². The van der Waals surface area contributed by atoms with Crippen LogP contribution in [0.1, 0.15) is 32.6 Å². The van der Waals surface area contributed by atoms with Crippen LogP contribution in [0.25, 0.3) is 22.6 Å². The van der Waals surface area contributed by atoms with Gasteiger partial charge in [0, 0.05) is 29.3 Å². The number of nitro benzene ring substituents is 1. The maximum atomic E-state index is 12.4. The first kappa shape index (κ1) is 20.3. The van der Waals surface area contributed by atoms with Crippen molar-refractivity contribution in [1.29, 1.82) is 0 Å². The Bertz CT molecular complexity index is 1270. The third kappa shape index (κ3) is 4.16. The summed E-state index contributed by atoms with van der Waals surface area (Å²) in [6, 6.07) is 16.0. The van der Waals surface area contributed by atoms with Gasteiger partial charge in [-0.25, -0.2) is 4.98 Å². The van der Waals surface area contributed by atoms with E-state index < -0.39 is 4.92 Å². The lowest BCUT2D eigenvalue weighted by Gasteiger charge is -2.07. The molecule has 3 aromatic carbocycles. The number of amides is 1. The molecule has 7 heteroatoms. The lowest BCUT2D eigenvalue weighted by Crippen LogP contribution is -2.22. The molecule has 7 nitrogen and oxygen atoms in total. The molecule has 0 aliphatic carbocycles.